The second kappa shape index (κ2) is 6.19. The van der Waals surface area contributed by atoms with Gasteiger partial charge in [0.05, 0.1) is 17.0 Å². The first-order chi connectivity index (χ1) is 12.8. The maximum Gasteiger partial charge on any atom is 0.416 e. The van der Waals surface area contributed by atoms with Gasteiger partial charge in [-0.2, -0.15) is 13.2 Å². The lowest BCUT2D eigenvalue weighted by Crippen LogP contribution is -2.43. The van der Waals surface area contributed by atoms with Gasteiger partial charge in [-0.1, -0.05) is 29.8 Å². The van der Waals surface area contributed by atoms with Crippen LogP contribution in [0.4, 0.5) is 18.9 Å². The Morgan fingerprint density at radius 1 is 1.00 bits per heavy atom. The Balaban J connectivity index is 1.85. The molecule has 2 aromatic carbocycles. The van der Waals surface area contributed by atoms with Crippen LogP contribution in [0.25, 0.3) is 5.82 Å². The molecule has 1 atom stereocenters. The van der Waals surface area contributed by atoms with Crippen molar-refractivity contribution in [1.29, 1.82) is 0 Å². The average molecular weight is 371 g/mol. The Kier molecular flexibility index (Phi) is 3.95. The van der Waals surface area contributed by atoms with Crippen LogP contribution in [0.5, 0.6) is 0 Å². The van der Waals surface area contributed by atoms with Gasteiger partial charge in [-0.15, -0.1) is 0 Å². The molecule has 0 spiro atoms. The zero-order valence-electron chi connectivity index (χ0n) is 14.4. The molecule has 0 radical (unpaired) electrons. The Labute approximate surface area is 153 Å². The van der Waals surface area contributed by atoms with E-state index in [1.807, 2.05) is 31.2 Å². The summed E-state index contributed by atoms with van der Waals surface area (Å²) in [5, 5.41) is 0.609. The van der Waals surface area contributed by atoms with Gasteiger partial charge in [-0.3, -0.25) is 0 Å². The van der Waals surface area contributed by atoms with Crippen LogP contribution < -0.4 is 21.4 Å². The van der Waals surface area contributed by atoms with Crippen molar-refractivity contribution in [3.05, 3.63) is 88.3 Å². The second-order valence-electron chi connectivity index (χ2n) is 6.35. The second-order valence-corrected chi connectivity index (χ2v) is 6.35. The highest BCUT2D eigenvalue weighted by Gasteiger charge is 2.31. The number of rotatable bonds is 2. The van der Waals surface area contributed by atoms with E-state index in [0.717, 1.165) is 23.3 Å². The molecule has 0 amide bonds. The first kappa shape index (κ1) is 17.2. The van der Waals surface area contributed by atoms with Crippen molar-refractivity contribution < 1.29 is 17.6 Å². The fraction of sp³-hybridized carbons (Fsp3) is 0.150. The molecule has 1 aliphatic rings. The van der Waals surface area contributed by atoms with E-state index in [1.54, 1.807) is 11.0 Å². The van der Waals surface area contributed by atoms with E-state index in [0.29, 0.717) is 22.3 Å². The van der Waals surface area contributed by atoms with Crippen molar-refractivity contribution in [2.45, 2.75) is 19.3 Å². The molecule has 1 unspecified atom stereocenters. The van der Waals surface area contributed by atoms with E-state index in [2.05, 4.69) is 4.99 Å². The van der Waals surface area contributed by atoms with Gasteiger partial charge >= 0.3 is 6.18 Å². The number of furan rings is 1. The Morgan fingerprint density at radius 3 is 2.30 bits per heavy atom. The molecule has 3 aromatic rings. The van der Waals surface area contributed by atoms with Crippen molar-refractivity contribution in [3.8, 4) is 0 Å². The van der Waals surface area contributed by atoms with Crippen molar-refractivity contribution in [2.24, 2.45) is 10.7 Å². The van der Waals surface area contributed by atoms with Crippen LogP contribution in [0.15, 0.2) is 70.3 Å². The number of nitrogens with zero attached hydrogens (tertiary/aromatic N) is 2. The molecule has 2 N–H and O–H groups in total. The molecule has 0 aliphatic carbocycles. The van der Waals surface area contributed by atoms with E-state index in [4.69, 9.17) is 10.2 Å². The highest BCUT2D eigenvalue weighted by molar-refractivity contribution is 5.68. The number of benzene rings is 2. The van der Waals surface area contributed by atoms with Gasteiger partial charge in [0.2, 0.25) is 5.55 Å². The smallest absolute Gasteiger partial charge is 0.416 e. The first-order valence-corrected chi connectivity index (χ1v) is 8.29. The zero-order valence-corrected chi connectivity index (χ0v) is 14.4. The minimum Gasteiger partial charge on any atom is -0.446 e. The number of hydrogen-bond acceptors (Lipinski definition) is 4. The van der Waals surface area contributed by atoms with Gasteiger partial charge in [-0.25, -0.2) is 4.99 Å². The number of halogens is 3. The van der Waals surface area contributed by atoms with Crippen LogP contribution in [0, 0.1) is 6.92 Å². The van der Waals surface area contributed by atoms with Gasteiger partial charge in [0.1, 0.15) is 5.82 Å². The average Bonchev–Trinajstić information content (AvgIpc) is 3.11. The maximum absolute atomic E-state index is 12.9. The van der Waals surface area contributed by atoms with Crippen molar-refractivity contribution >= 4 is 11.5 Å². The summed E-state index contributed by atoms with van der Waals surface area (Å²) in [7, 11) is 0. The summed E-state index contributed by atoms with van der Waals surface area (Å²) in [6.07, 6.45) is -3.45. The highest BCUT2D eigenvalue weighted by atomic mass is 19.4. The van der Waals surface area contributed by atoms with Crippen LogP contribution >= 0.6 is 0 Å². The number of hydrogen-bond donors (Lipinski definition) is 1. The van der Waals surface area contributed by atoms with E-state index in [1.165, 1.54) is 18.4 Å². The number of alkyl halides is 3. The summed E-state index contributed by atoms with van der Waals surface area (Å²) in [4.78, 5) is 6.33. The quantitative estimate of drug-likeness (QED) is 0.751. The van der Waals surface area contributed by atoms with Gasteiger partial charge < -0.3 is 15.1 Å². The molecule has 0 fully saturated rings. The van der Waals surface area contributed by atoms with Gasteiger partial charge in [-0.05, 0) is 42.8 Å². The number of anilines is 1. The van der Waals surface area contributed by atoms with Crippen LogP contribution in [-0.4, -0.2) is 0 Å². The third kappa shape index (κ3) is 3.05. The summed E-state index contributed by atoms with van der Waals surface area (Å²) in [5.74, 6) is 0.374. The number of fused-ring (bicyclic) bond motifs is 1. The van der Waals surface area contributed by atoms with Crippen molar-refractivity contribution in [1.82, 2.24) is 0 Å². The molecule has 138 valence electrons. The molecule has 4 rings (SSSR count). The van der Waals surface area contributed by atoms with Crippen LogP contribution in [0.2, 0.25) is 0 Å². The third-order valence-corrected chi connectivity index (χ3v) is 4.51. The number of nitrogens with two attached hydrogens (primary N) is 1. The Hall–Kier alpha value is -3.22. The lowest BCUT2D eigenvalue weighted by molar-refractivity contribution is -0.137. The molecule has 0 saturated carbocycles. The lowest BCUT2D eigenvalue weighted by Gasteiger charge is -2.33. The minimum absolute atomic E-state index is 0.374. The summed E-state index contributed by atoms with van der Waals surface area (Å²) < 4.78 is 44.1. The molecule has 0 bridgehead atoms. The molecule has 4 nitrogen and oxygen atoms in total. The minimum atomic E-state index is -4.39. The van der Waals surface area contributed by atoms with E-state index < -0.39 is 17.9 Å². The number of aryl methyl sites for hydroxylation is 1. The molecular weight excluding hydrogens is 355 g/mol. The van der Waals surface area contributed by atoms with Gasteiger partial charge in [0.25, 0.3) is 0 Å². The summed E-state index contributed by atoms with van der Waals surface area (Å²) in [5.41, 5.74) is 8.50. The molecule has 27 heavy (non-hydrogen) atoms. The highest BCUT2D eigenvalue weighted by Crippen LogP contribution is 2.35. The Bertz CT molecular complexity index is 1080. The van der Waals surface area contributed by atoms with Crippen LogP contribution in [0.1, 0.15) is 22.9 Å². The topological polar surface area (TPSA) is 54.8 Å². The molecule has 1 aromatic heterocycles. The first-order valence-electron chi connectivity index (χ1n) is 8.29. The molecule has 7 heteroatoms. The fourth-order valence-electron chi connectivity index (χ4n) is 3.08. The third-order valence-electron chi connectivity index (χ3n) is 4.51. The van der Waals surface area contributed by atoms with Gasteiger partial charge in [0.15, 0.2) is 6.17 Å². The van der Waals surface area contributed by atoms with Crippen LogP contribution in [0.3, 0.4) is 0 Å². The van der Waals surface area contributed by atoms with Crippen molar-refractivity contribution in [2.75, 3.05) is 4.90 Å². The summed E-state index contributed by atoms with van der Waals surface area (Å²) >= 11 is 0. The predicted molar refractivity (Wildman–Crippen MR) is 94.9 cm³/mol. The van der Waals surface area contributed by atoms with E-state index >= 15 is 0 Å². The lowest BCUT2D eigenvalue weighted by atomic mass is 10.1. The standard InChI is InChI=1S/C20H16F3N3O/c1-12-2-4-13(5-3-12)18-25-19-16(10-11-27-19)17(24)26(18)15-8-6-14(7-9-15)20(21,22)23/h2-11,18H,24H2,1H3. The summed E-state index contributed by atoms with van der Waals surface area (Å²) in [6, 6.07) is 14.3. The van der Waals surface area contributed by atoms with E-state index in [-0.39, 0.29) is 0 Å². The largest absolute Gasteiger partial charge is 0.446 e. The van der Waals surface area contributed by atoms with E-state index in [9.17, 15) is 13.2 Å². The molecule has 0 saturated heterocycles. The molecule has 1 aliphatic heterocycles. The monoisotopic (exact) mass is 371 g/mol. The van der Waals surface area contributed by atoms with Crippen LogP contribution in [-0.2, 0) is 6.18 Å². The van der Waals surface area contributed by atoms with Gasteiger partial charge in [0, 0.05) is 5.69 Å². The fourth-order valence-corrected chi connectivity index (χ4v) is 3.08. The normalized spacial score (nSPS) is 16.8. The molecule has 2 heterocycles. The zero-order chi connectivity index (χ0) is 19.2. The Morgan fingerprint density at radius 2 is 1.67 bits per heavy atom. The SMILES string of the molecule is Cc1ccc(C2N=c3occc3=C(N)N2c2ccc(C(F)(F)F)cc2)cc1. The molecular formula is C20H16F3N3O. The van der Waals surface area contributed by atoms with Crippen molar-refractivity contribution in [3.63, 3.8) is 0 Å². The summed E-state index contributed by atoms with van der Waals surface area (Å²) in [6.45, 7) is 1.97. The maximum atomic E-state index is 12.9. The predicted octanol–water partition coefficient (Wildman–Crippen LogP) is 3.47.